The van der Waals surface area contributed by atoms with Gasteiger partial charge in [-0.25, -0.2) is 4.79 Å². The van der Waals surface area contributed by atoms with Crippen molar-refractivity contribution < 1.29 is 19.4 Å². The number of phenols is 1. The van der Waals surface area contributed by atoms with Crippen LogP contribution in [0.1, 0.15) is 18.6 Å². The lowest BCUT2D eigenvalue weighted by molar-refractivity contribution is -0.151. The molecule has 0 bridgehead atoms. The van der Waals surface area contributed by atoms with Crippen LogP contribution in [-0.2, 0) is 9.53 Å². The van der Waals surface area contributed by atoms with Gasteiger partial charge >= 0.3 is 5.97 Å². The zero-order chi connectivity index (χ0) is 14.1. The first kappa shape index (κ1) is 12.5. The van der Waals surface area contributed by atoms with Crippen LogP contribution in [0.5, 0.6) is 11.5 Å². The van der Waals surface area contributed by atoms with E-state index >= 15 is 0 Å². The van der Waals surface area contributed by atoms with Gasteiger partial charge in [-0.3, -0.25) is 0 Å². The van der Waals surface area contributed by atoms with Gasteiger partial charge < -0.3 is 14.6 Å². The van der Waals surface area contributed by atoms with Crippen LogP contribution in [0, 0.1) is 0 Å². The van der Waals surface area contributed by atoms with Crippen molar-refractivity contribution in [3.05, 3.63) is 48.0 Å². The third-order valence-electron chi connectivity index (χ3n) is 3.24. The number of hydrogen-bond donors (Lipinski definition) is 1. The maximum Gasteiger partial charge on any atom is 0.352 e. The van der Waals surface area contributed by atoms with Gasteiger partial charge in [0.2, 0.25) is 6.10 Å². The van der Waals surface area contributed by atoms with Gasteiger partial charge in [-0.15, -0.1) is 0 Å². The second-order valence-corrected chi connectivity index (χ2v) is 4.52. The smallest absolute Gasteiger partial charge is 0.352 e. The van der Waals surface area contributed by atoms with Crippen molar-refractivity contribution >= 4 is 5.97 Å². The van der Waals surface area contributed by atoms with Crippen LogP contribution in [0.4, 0.5) is 0 Å². The first-order valence-corrected chi connectivity index (χ1v) is 6.46. The molecule has 2 aromatic carbocycles. The molecule has 0 radical (unpaired) electrons. The summed E-state index contributed by atoms with van der Waals surface area (Å²) in [6.45, 7) is 2.03. The fourth-order valence-corrected chi connectivity index (χ4v) is 2.39. The molecular formula is C16H14O4. The summed E-state index contributed by atoms with van der Waals surface area (Å²) in [6.07, 6.45) is -0.841. The lowest BCUT2D eigenvalue weighted by Crippen LogP contribution is -2.24. The standard InChI is InChI=1S/C16H14O4/c1-2-19-16(18)15-13-9-10(17)7-8-11(13)12-5-3-4-6-14(12)20-15/h3-9,15,17H,2H2,1H3. The van der Waals surface area contributed by atoms with Crippen LogP contribution in [0.15, 0.2) is 42.5 Å². The number of benzene rings is 2. The molecule has 0 amide bonds. The Kier molecular flexibility index (Phi) is 3.06. The second-order valence-electron chi connectivity index (χ2n) is 4.52. The predicted molar refractivity (Wildman–Crippen MR) is 73.5 cm³/mol. The molecule has 1 N–H and O–H groups in total. The normalized spacial score (nSPS) is 15.8. The number of fused-ring (bicyclic) bond motifs is 3. The van der Waals surface area contributed by atoms with Gasteiger partial charge in [0.25, 0.3) is 0 Å². The molecule has 4 nitrogen and oxygen atoms in total. The monoisotopic (exact) mass is 270 g/mol. The zero-order valence-electron chi connectivity index (χ0n) is 11.0. The van der Waals surface area contributed by atoms with Crippen molar-refractivity contribution in [2.75, 3.05) is 6.61 Å². The second kappa shape index (κ2) is 4.89. The molecular weight excluding hydrogens is 256 g/mol. The maximum absolute atomic E-state index is 12.1. The van der Waals surface area contributed by atoms with E-state index in [9.17, 15) is 9.90 Å². The Morgan fingerprint density at radius 2 is 2.05 bits per heavy atom. The molecule has 1 atom stereocenters. The summed E-state index contributed by atoms with van der Waals surface area (Å²) in [5, 5.41) is 9.66. The Bertz CT molecular complexity index is 663. The van der Waals surface area contributed by atoms with Gasteiger partial charge in [-0.1, -0.05) is 24.3 Å². The topological polar surface area (TPSA) is 55.8 Å². The molecule has 2 aromatic rings. The Morgan fingerprint density at radius 1 is 1.25 bits per heavy atom. The van der Waals surface area contributed by atoms with E-state index < -0.39 is 12.1 Å². The van der Waals surface area contributed by atoms with Crippen molar-refractivity contribution in [2.24, 2.45) is 0 Å². The van der Waals surface area contributed by atoms with Gasteiger partial charge in [0.15, 0.2) is 0 Å². The lowest BCUT2D eigenvalue weighted by Gasteiger charge is -2.27. The number of esters is 1. The van der Waals surface area contributed by atoms with Crippen molar-refractivity contribution in [3.63, 3.8) is 0 Å². The van der Waals surface area contributed by atoms with E-state index in [1.54, 1.807) is 25.1 Å². The van der Waals surface area contributed by atoms with Crippen molar-refractivity contribution in [1.29, 1.82) is 0 Å². The molecule has 1 aliphatic heterocycles. The Balaban J connectivity index is 2.15. The van der Waals surface area contributed by atoms with Gasteiger partial charge in [0.1, 0.15) is 11.5 Å². The lowest BCUT2D eigenvalue weighted by atomic mass is 9.92. The minimum absolute atomic E-state index is 0.0982. The van der Waals surface area contributed by atoms with Crippen molar-refractivity contribution in [2.45, 2.75) is 13.0 Å². The average molecular weight is 270 g/mol. The highest BCUT2D eigenvalue weighted by molar-refractivity contribution is 5.86. The van der Waals surface area contributed by atoms with Crippen LogP contribution >= 0.6 is 0 Å². The van der Waals surface area contributed by atoms with Crippen LogP contribution < -0.4 is 4.74 Å². The van der Waals surface area contributed by atoms with Crippen LogP contribution in [0.2, 0.25) is 0 Å². The molecule has 0 aromatic heterocycles. The SMILES string of the molecule is CCOC(=O)C1Oc2ccccc2-c2ccc(O)cc21. The van der Waals surface area contributed by atoms with Gasteiger partial charge in [-0.05, 0) is 30.7 Å². The van der Waals surface area contributed by atoms with E-state index in [0.717, 1.165) is 11.1 Å². The number of ether oxygens (including phenoxy) is 2. The third kappa shape index (κ3) is 1.99. The number of para-hydroxylation sites is 1. The summed E-state index contributed by atoms with van der Waals surface area (Å²) in [6, 6.07) is 12.4. The van der Waals surface area contributed by atoms with E-state index in [1.165, 1.54) is 0 Å². The Labute approximate surface area is 116 Å². The summed E-state index contributed by atoms with van der Waals surface area (Å²) in [7, 11) is 0. The first-order chi connectivity index (χ1) is 9.70. The van der Waals surface area contributed by atoms with Crippen molar-refractivity contribution in [3.8, 4) is 22.6 Å². The molecule has 102 valence electrons. The highest BCUT2D eigenvalue weighted by Crippen LogP contribution is 2.43. The van der Waals surface area contributed by atoms with Gasteiger partial charge in [0, 0.05) is 11.1 Å². The molecule has 1 unspecified atom stereocenters. The van der Waals surface area contributed by atoms with E-state index in [4.69, 9.17) is 9.47 Å². The molecule has 1 aliphatic rings. The minimum atomic E-state index is -0.841. The first-order valence-electron chi connectivity index (χ1n) is 6.46. The van der Waals surface area contributed by atoms with E-state index in [1.807, 2.05) is 24.3 Å². The molecule has 0 fully saturated rings. The summed E-state index contributed by atoms with van der Waals surface area (Å²) in [4.78, 5) is 12.1. The highest BCUT2D eigenvalue weighted by atomic mass is 16.6. The molecule has 3 rings (SSSR count). The highest BCUT2D eigenvalue weighted by Gasteiger charge is 2.32. The summed E-state index contributed by atoms with van der Waals surface area (Å²) in [5.74, 6) is 0.290. The summed E-state index contributed by atoms with van der Waals surface area (Å²) in [5.41, 5.74) is 2.41. The minimum Gasteiger partial charge on any atom is -0.508 e. The molecule has 4 heteroatoms. The number of rotatable bonds is 2. The van der Waals surface area contributed by atoms with E-state index in [0.29, 0.717) is 11.3 Å². The number of carbonyl (C=O) groups is 1. The molecule has 0 saturated heterocycles. The Morgan fingerprint density at radius 3 is 2.85 bits per heavy atom. The van der Waals surface area contributed by atoms with Crippen molar-refractivity contribution in [1.82, 2.24) is 0 Å². The fourth-order valence-electron chi connectivity index (χ4n) is 2.39. The van der Waals surface area contributed by atoms with Crippen LogP contribution in [0.3, 0.4) is 0 Å². The molecule has 20 heavy (non-hydrogen) atoms. The van der Waals surface area contributed by atoms with E-state index in [2.05, 4.69) is 0 Å². The average Bonchev–Trinajstić information content (AvgIpc) is 2.46. The molecule has 0 spiro atoms. The van der Waals surface area contributed by atoms with Crippen LogP contribution in [-0.4, -0.2) is 17.7 Å². The number of phenolic OH excluding ortho intramolecular Hbond substituents is 1. The number of carbonyl (C=O) groups excluding carboxylic acids is 1. The largest absolute Gasteiger partial charge is 0.508 e. The molecule has 0 aliphatic carbocycles. The van der Waals surface area contributed by atoms with Crippen LogP contribution in [0.25, 0.3) is 11.1 Å². The zero-order valence-corrected chi connectivity index (χ0v) is 11.0. The molecule has 1 heterocycles. The van der Waals surface area contributed by atoms with Gasteiger partial charge in [0.05, 0.1) is 6.61 Å². The number of aromatic hydroxyl groups is 1. The Hall–Kier alpha value is -2.49. The van der Waals surface area contributed by atoms with E-state index in [-0.39, 0.29) is 12.4 Å². The van der Waals surface area contributed by atoms with Gasteiger partial charge in [-0.2, -0.15) is 0 Å². The number of hydrogen-bond acceptors (Lipinski definition) is 4. The molecule has 0 saturated carbocycles. The maximum atomic E-state index is 12.1. The third-order valence-corrected chi connectivity index (χ3v) is 3.24. The quantitative estimate of drug-likeness (QED) is 0.852. The summed E-state index contributed by atoms with van der Waals surface area (Å²) >= 11 is 0. The fraction of sp³-hybridized carbons (Fsp3) is 0.188. The predicted octanol–water partition coefficient (Wildman–Crippen LogP) is 3.06. The summed E-state index contributed by atoms with van der Waals surface area (Å²) < 4.78 is 10.8.